The van der Waals surface area contributed by atoms with Crippen LogP contribution >= 0.6 is 0 Å². The Labute approximate surface area is 154 Å². The molecule has 2 heteroatoms. The highest BCUT2D eigenvalue weighted by atomic mass is 16.2. The zero-order valence-electron chi connectivity index (χ0n) is 17.0. The van der Waals surface area contributed by atoms with Gasteiger partial charge in [-0.2, -0.15) is 0 Å². The first-order valence-corrected chi connectivity index (χ1v) is 10.7. The van der Waals surface area contributed by atoms with Crippen LogP contribution in [0.5, 0.6) is 0 Å². The molecule has 3 fully saturated rings. The number of carbonyl (C=O) groups excluding carboxylic acids is 1. The molecule has 0 spiro atoms. The Bertz CT molecular complexity index is 597. The van der Waals surface area contributed by atoms with Gasteiger partial charge in [-0.1, -0.05) is 46.6 Å². The molecule has 3 saturated carbocycles. The van der Waals surface area contributed by atoms with Crippen molar-refractivity contribution in [1.82, 2.24) is 4.90 Å². The number of carbonyl (C=O) groups is 1. The van der Waals surface area contributed by atoms with Crippen molar-refractivity contribution in [2.75, 3.05) is 7.05 Å². The summed E-state index contributed by atoms with van der Waals surface area (Å²) in [5.41, 5.74) is 1.14. The topological polar surface area (TPSA) is 20.3 Å². The van der Waals surface area contributed by atoms with E-state index in [2.05, 4.69) is 38.7 Å². The summed E-state index contributed by atoms with van der Waals surface area (Å²) < 4.78 is 0. The van der Waals surface area contributed by atoms with Crippen molar-refractivity contribution in [3.63, 3.8) is 0 Å². The Morgan fingerprint density at radius 3 is 2.64 bits per heavy atom. The minimum Gasteiger partial charge on any atom is -0.338 e. The Hall–Kier alpha value is -0.790. The molecule has 140 valence electrons. The number of rotatable bonds is 2. The Balaban J connectivity index is 1.81. The van der Waals surface area contributed by atoms with Crippen molar-refractivity contribution in [3.8, 4) is 0 Å². The van der Waals surface area contributed by atoms with Crippen molar-refractivity contribution in [2.45, 2.75) is 85.1 Å². The van der Waals surface area contributed by atoms with E-state index in [0.29, 0.717) is 16.9 Å². The average molecular weight is 344 g/mol. The first-order chi connectivity index (χ1) is 11.8. The predicted molar refractivity (Wildman–Crippen MR) is 103 cm³/mol. The van der Waals surface area contributed by atoms with E-state index in [1.54, 1.807) is 0 Å². The molecule has 4 aliphatic rings. The van der Waals surface area contributed by atoms with E-state index in [-0.39, 0.29) is 11.3 Å². The average Bonchev–Trinajstić information content (AvgIpc) is 2.95. The van der Waals surface area contributed by atoms with Crippen LogP contribution < -0.4 is 0 Å². The number of likely N-dealkylation sites (N-methyl/N-ethyl adjacent to an activating group) is 1. The first kappa shape index (κ1) is 17.6. The van der Waals surface area contributed by atoms with Crippen molar-refractivity contribution in [3.05, 3.63) is 12.2 Å². The van der Waals surface area contributed by atoms with Gasteiger partial charge in [0.15, 0.2) is 0 Å². The van der Waals surface area contributed by atoms with Crippen LogP contribution in [0.1, 0.15) is 79.1 Å². The maximum atomic E-state index is 12.4. The van der Waals surface area contributed by atoms with E-state index >= 15 is 0 Å². The fourth-order valence-corrected chi connectivity index (χ4v) is 7.99. The highest BCUT2D eigenvalue weighted by molar-refractivity contribution is 5.89. The summed E-state index contributed by atoms with van der Waals surface area (Å²) in [7, 11) is 2.05. The number of amides is 1. The second-order valence-electron chi connectivity index (χ2n) is 10.6. The normalized spacial score (nSPS) is 51.9. The Morgan fingerprint density at radius 1 is 1.16 bits per heavy atom. The Morgan fingerprint density at radius 2 is 1.92 bits per heavy atom. The van der Waals surface area contributed by atoms with Crippen molar-refractivity contribution in [2.24, 2.45) is 34.0 Å². The molecule has 3 aliphatic carbocycles. The molecular formula is C23H37NO. The zero-order chi connectivity index (χ0) is 18.0. The standard InChI is InChI=1S/C23H37NO/c1-6-11-22(3)15-18-23(4,14-10-19(25)24(18)5)17-9-13-21(2)12-7-8-16(21)20(17)22/h10,14,16-18,20H,6-9,11-13,15H2,1-5H3/t16-,17+,18?,20-,21-,22?,23+/m0/s1. The third-order valence-corrected chi connectivity index (χ3v) is 9.25. The van der Waals surface area contributed by atoms with Gasteiger partial charge in [0, 0.05) is 18.5 Å². The number of nitrogens with zero attached hydrogens (tertiary/aromatic N) is 1. The van der Waals surface area contributed by atoms with Gasteiger partial charge in [0.2, 0.25) is 5.91 Å². The smallest absolute Gasteiger partial charge is 0.246 e. The van der Waals surface area contributed by atoms with Gasteiger partial charge in [-0.3, -0.25) is 4.79 Å². The molecule has 0 radical (unpaired) electrons. The molecule has 0 aromatic rings. The largest absolute Gasteiger partial charge is 0.338 e. The van der Waals surface area contributed by atoms with Crippen LogP contribution in [0, 0.1) is 34.0 Å². The zero-order valence-corrected chi connectivity index (χ0v) is 17.0. The maximum Gasteiger partial charge on any atom is 0.246 e. The quantitative estimate of drug-likeness (QED) is 0.654. The minimum absolute atomic E-state index is 0.171. The first-order valence-electron chi connectivity index (χ1n) is 10.7. The lowest BCUT2D eigenvalue weighted by Crippen LogP contribution is -2.64. The molecule has 0 saturated heterocycles. The van der Waals surface area contributed by atoms with E-state index in [4.69, 9.17) is 0 Å². The summed E-state index contributed by atoms with van der Waals surface area (Å²) in [4.78, 5) is 14.5. The lowest BCUT2D eigenvalue weighted by molar-refractivity contribution is -0.160. The summed E-state index contributed by atoms with van der Waals surface area (Å²) in [5.74, 6) is 2.69. The van der Waals surface area contributed by atoms with Crippen molar-refractivity contribution in [1.29, 1.82) is 0 Å². The monoisotopic (exact) mass is 343 g/mol. The van der Waals surface area contributed by atoms with Gasteiger partial charge < -0.3 is 4.90 Å². The van der Waals surface area contributed by atoms with Gasteiger partial charge in [-0.05, 0) is 73.2 Å². The summed E-state index contributed by atoms with van der Waals surface area (Å²) in [6.07, 6.45) is 15.0. The maximum absolute atomic E-state index is 12.4. The molecule has 2 nitrogen and oxygen atoms in total. The number of hydrogen-bond donors (Lipinski definition) is 0. The van der Waals surface area contributed by atoms with Gasteiger partial charge in [0.1, 0.15) is 0 Å². The van der Waals surface area contributed by atoms with E-state index < -0.39 is 0 Å². The fraction of sp³-hybridized carbons (Fsp3) is 0.870. The van der Waals surface area contributed by atoms with Gasteiger partial charge in [0.25, 0.3) is 0 Å². The third kappa shape index (κ3) is 2.31. The number of hydrogen-bond acceptors (Lipinski definition) is 1. The summed E-state index contributed by atoms with van der Waals surface area (Å²) >= 11 is 0. The predicted octanol–water partition coefficient (Wildman–Crippen LogP) is 5.43. The highest BCUT2D eigenvalue weighted by Gasteiger charge is 2.63. The highest BCUT2D eigenvalue weighted by Crippen LogP contribution is 2.69. The van der Waals surface area contributed by atoms with Crippen LogP contribution in [-0.2, 0) is 4.79 Å². The number of fused-ring (bicyclic) bond motifs is 5. The van der Waals surface area contributed by atoms with Crippen LogP contribution in [0.25, 0.3) is 0 Å². The molecule has 4 rings (SSSR count). The summed E-state index contributed by atoms with van der Waals surface area (Å²) in [5, 5.41) is 0. The van der Waals surface area contributed by atoms with Crippen LogP contribution in [0.2, 0.25) is 0 Å². The van der Waals surface area contributed by atoms with E-state index in [1.807, 2.05) is 13.1 Å². The van der Waals surface area contributed by atoms with Gasteiger partial charge >= 0.3 is 0 Å². The van der Waals surface area contributed by atoms with E-state index in [1.165, 1.54) is 51.4 Å². The molecule has 25 heavy (non-hydrogen) atoms. The lowest BCUT2D eigenvalue weighted by Gasteiger charge is -2.65. The van der Waals surface area contributed by atoms with Crippen LogP contribution in [-0.4, -0.2) is 23.9 Å². The van der Waals surface area contributed by atoms with Gasteiger partial charge in [-0.15, -0.1) is 0 Å². The molecule has 2 unspecified atom stereocenters. The third-order valence-electron chi connectivity index (χ3n) is 9.25. The van der Waals surface area contributed by atoms with E-state index in [0.717, 1.165) is 17.8 Å². The van der Waals surface area contributed by atoms with Gasteiger partial charge in [0.05, 0.1) is 0 Å². The SMILES string of the molecule is CCCC1(C)CC2N(C)C(=O)C=C[C@]2(C)[C@@H]2CC[C@]3(C)CCC[C@H]3[C@@H]21. The summed E-state index contributed by atoms with van der Waals surface area (Å²) in [6.45, 7) is 9.99. The molecule has 1 amide bonds. The van der Waals surface area contributed by atoms with Gasteiger partial charge in [-0.25, -0.2) is 0 Å². The lowest BCUT2D eigenvalue weighted by atomic mass is 9.41. The van der Waals surface area contributed by atoms with Crippen LogP contribution in [0.15, 0.2) is 12.2 Å². The second-order valence-corrected chi connectivity index (χ2v) is 10.6. The van der Waals surface area contributed by atoms with E-state index in [9.17, 15) is 4.79 Å². The van der Waals surface area contributed by atoms with Crippen LogP contribution in [0.3, 0.4) is 0 Å². The molecule has 1 aliphatic heterocycles. The fourth-order valence-electron chi connectivity index (χ4n) is 7.99. The molecule has 0 bridgehead atoms. The minimum atomic E-state index is 0.171. The molecule has 0 aromatic heterocycles. The molecule has 0 N–H and O–H groups in total. The summed E-state index contributed by atoms with van der Waals surface area (Å²) in [6, 6.07) is 0.383. The Kier molecular flexibility index (Phi) is 3.95. The molecule has 7 atom stereocenters. The van der Waals surface area contributed by atoms with Crippen molar-refractivity contribution >= 4 is 5.91 Å². The molecule has 1 heterocycles. The van der Waals surface area contributed by atoms with Crippen LogP contribution in [0.4, 0.5) is 0 Å². The second kappa shape index (κ2) is 5.60. The van der Waals surface area contributed by atoms with Crippen molar-refractivity contribution < 1.29 is 4.79 Å². The molecule has 0 aromatic carbocycles. The molecular weight excluding hydrogens is 306 g/mol.